The first-order chi connectivity index (χ1) is 7.93. The highest BCUT2D eigenvalue weighted by molar-refractivity contribution is 5.86. The number of hydrogen-bond donors (Lipinski definition) is 3. The number of aliphatic carboxylic acids is 1. The maximum Gasteiger partial charge on any atom is 0.331 e. The SMILES string of the molecule is C=C(CCOC(=O)C=CCNC(N)=O)C(=O)O. The van der Waals surface area contributed by atoms with Gasteiger partial charge in [0.05, 0.1) is 6.61 Å². The van der Waals surface area contributed by atoms with Crippen LogP contribution in [0.1, 0.15) is 6.42 Å². The lowest BCUT2D eigenvalue weighted by Gasteiger charge is -2.01. The van der Waals surface area contributed by atoms with E-state index in [2.05, 4.69) is 16.6 Å². The van der Waals surface area contributed by atoms with E-state index in [0.717, 1.165) is 6.08 Å². The molecule has 7 heteroatoms. The molecule has 0 heterocycles. The van der Waals surface area contributed by atoms with Crippen molar-refractivity contribution in [3.63, 3.8) is 0 Å². The smallest absolute Gasteiger partial charge is 0.331 e. The van der Waals surface area contributed by atoms with Gasteiger partial charge in [0, 0.05) is 24.6 Å². The highest BCUT2D eigenvalue weighted by atomic mass is 16.5. The fourth-order valence-electron chi connectivity index (χ4n) is 0.745. The Morgan fingerprint density at radius 3 is 2.59 bits per heavy atom. The van der Waals surface area contributed by atoms with E-state index >= 15 is 0 Å². The number of carbonyl (C=O) groups is 3. The molecular weight excluding hydrogens is 228 g/mol. The summed E-state index contributed by atoms with van der Waals surface area (Å²) in [6.07, 6.45) is 2.53. The molecule has 0 aliphatic rings. The maximum absolute atomic E-state index is 11.0. The average molecular weight is 242 g/mol. The molecule has 0 atom stereocenters. The highest BCUT2D eigenvalue weighted by Crippen LogP contribution is 1.98. The van der Waals surface area contributed by atoms with Crippen molar-refractivity contribution in [3.05, 3.63) is 24.3 Å². The zero-order chi connectivity index (χ0) is 13.3. The standard InChI is InChI=1S/C10H14N2O5/c1-7(9(14)15)4-6-17-8(13)3-2-5-12-10(11)16/h2-3H,1,4-6H2,(H,14,15)(H3,11,12,16). The van der Waals surface area contributed by atoms with E-state index < -0.39 is 18.0 Å². The van der Waals surface area contributed by atoms with E-state index in [-0.39, 0.29) is 25.1 Å². The van der Waals surface area contributed by atoms with Crippen molar-refractivity contribution in [2.45, 2.75) is 6.42 Å². The molecule has 0 aliphatic heterocycles. The van der Waals surface area contributed by atoms with Crippen LogP contribution in [0.2, 0.25) is 0 Å². The second-order valence-corrected chi connectivity index (χ2v) is 2.97. The molecule has 0 bridgehead atoms. The molecular formula is C10H14N2O5. The van der Waals surface area contributed by atoms with Crippen LogP contribution in [-0.2, 0) is 14.3 Å². The number of urea groups is 1. The fourth-order valence-corrected chi connectivity index (χ4v) is 0.745. The first kappa shape index (κ1) is 14.7. The summed E-state index contributed by atoms with van der Waals surface area (Å²) in [4.78, 5) is 31.6. The Hall–Kier alpha value is -2.31. The summed E-state index contributed by atoms with van der Waals surface area (Å²) in [6, 6.07) is -0.694. The van der Waals surface area contributed by atoms with Gasteiger partial charge in [0.15, 0.2) is 0 Å². The maximum atomic E-state index is 11.0. The zero-order valence-electron chi connectivity index (χ0n) is 9.14. The molecule has 2 amide bonds. The van der Waals surface area contributed by atoms with Crippen molar-refractivity contribution < 1.29 is 24.2 Å². The molecule has 94 valence electrons. The molecule has 17 heavy (non-hydrogen) atoms. The van der Waals surface area contributed by atoms with E-state index in [4.69, 9.17) is 10.8 Å². The van der Waals surface area contributed by atoms with E-state index in [0.29, 0.717) is 0 Å². The van der Waals surface area contributed by atoms with Gasteiger partial charge in [-0.1, -0.05) is 12.7 Å². The molecule has 0 aliphatic carbocycles. The van der Waals surface area contributed by atoms with Crippen LogP contribution in [0.4, 0.5) is 4.79 Å². The van der Waals surface area contributed by atoms with Crippen LogP contribution < -0.4 is 11.1 Å². The molecule has 7 nitrogen and oxygen atoms in total. The Balaban J connectivity index is 3.69. The largest absolute Gasteiger partial charge is 0.478 e. The Kier molecular flexibility index (Phi) is 6.84. The molecule has 4 N–H and O–H groups in total. The van der Waals surface area contributed by atoms with Gasteiger partial charge in [0.1, 0.15) is 0 Å². The lowest BCUT2D eigenvalue weighted by Crippen LogP contribution is -2.29. The number of esters is 1. The third-order valence-corrected chi connectivity index (χ3v) is 1.60. The topological polar surface area (TPSA) is 119 Å². The molecule has 0 aromatic heterocycles. The monoisotopic (exact) mass is 242 g/mol. The third-order valence-electron chi connectivity index (χ3n) is 1.60. The third kappa shape index (κ3) is 8.67. The molecule has 0 unspecified atom stereocenters. The van der Waals surface area contributed by atoms with Gasteiger partial charge in [-0.3, -0.25) is 0 Å². The summed E-state index contributed by atoms with van der Waals surface area (Å²) in [5, 5.41) is 10.7. The first-order valence-corrected chi connectivity index (χ1v) is 4.71. The lowest BCUT2D eigenvalue weighted by atomic mass is 10.2. The number of nitrogens with one attached hydrogen (secondary N) is 1. The number of nitrogens with two attached hydrogens (primary N) is 1. The number of carbonyl (C=O) groups excluding carboxylic acids is 2. The van der Waals surface area contributed by atoms with E-state index in [1.807, 2.05) is 0 Å². The number of ether oxygens (including phenoxy) is 1. The number of rotatable bonds is 7. The van der Waals surface area contributed by atoms with Crippen molar-refractivity contribution in [1.82, 2.24) is 5.32 Å². The van der Waals surface area contributed by atoms with Gasteiger partial charge in [-0.05, 0) is 0 Å². The summed E-state index contributed by atoms with van der Waals surface area (Å²) < 4.78 is 4.68. The van der Waals surface area contributed by atoms with Gasteiger partial charge < -0.3 is 20.9 Å². The van der Waals surface area contributed by atoms with Gasteiger partial charge >= 0.3 is 18.0 Å². The molecule has 0 saturated carbocycles. The Morgan fingerprint density at radius 2 is 2.06 bits per heavy atom. The van der Waals surface area contributed by atoms with Crippen molar-refractivity contribution >= 4 is 18.0 Å². The first-order valence-electron chi connectivity index (χ1n) is 4.71. The van der Waals surface area contributed by atoms with Gasteiger partial charge in [-0.2, -0.15) is 0 Å². The molecule has 0 rings (SSSR count). The molecule has 0 aromatic rings. The van der Waals surface area contributed by atoms with Gasteiger partial charge in [-0.15, -0.1) is 0 Å². The normalized spacial score (nSPS) is 9.88. The van der Waals surface area contributed by atoms with Crippen LogP contribution in [-0.4, -0.2) is 36.2 Å². The molecule has 0 fully saturated rings. The van der Waals surface area contributed by atoms with Crippen LogP contribution in [0.5, 0.6) is 0 Å². The minimum absolute atomic E-state index is 0.0304. The lowest BCUT2D eigenvalue weighted by molar-refractivity contribution is -0.139. The van der Waals surface area contributed by atoms with E-state index in [1.54, 1.807) is 0 Å². The van der Waals surface area contributed by atoms with E-state index in [9.17, 15) is 14.4 Å². The van der Waals surface area contributed by atoms with Crippen LogP contribution in [0, 0.1) is 0 Å². The zero-order valence-corrected chi connectivity index (χ0v) is 9.14. The van der Waals surface area contributed by atoms with Crippen LogP contribution >= 0.6 is 0 Å². The summed E-state index contributed by atoms with van der Waals surface area (Å²) in [7, 11) is 0. The second kappa shape index (κ2) is 7.91. The van der Waals surface area contributed by atoms with Crippen molar-refractivity contribution in [2.24, 2.45) is 5.73 Å². The summed E-state index contributed by atoms with van der Waals surface area (Å²) in [6.45, 7) is 3.33. The minimum Gasteiger partial charge on any atom is -0.478 e. The predicted octanol–water partition coefficient (Wildman–Crippen LogP) is -0.215. The van der Waals surface area contributed by atoms with Crippen LogP contribution in [0.25, 0.3) is 0 Å². The molecule has 0 spiro atoms. The van der Waals surface area contributed by atoms with Crippen molar-refractivity contribution in [2.75, 3.05) is 13.2 Å². The summed E-state index contributed by atoms with van der Waals surface area (Å²) in [5.74, 6) is -1.75. The van der Waals surface area contributed by atoms with Gasteiger partial charge in [-0.25, -0.2) is 14.4 Å². The summed E-state index contributed by atoms with van der Waals surface area (Å²) >= 11 is 0. The quantitative estimate of drug-likeness (QED) is 0.421. The molecule has 0 aromatic carbocycles. The van der Waals surface area contributed by atoms with Crippen molar-refractivity contribution in [1.29, 1.82) is 0 Å². The Bertz CT molecular complexity index is 349. The second-order valence-electron chi connectivity index (χ2n) is 2.97. The average Bonchev–Trinajstić information content (AvgIpc) is 2.23. The Morgan fingerprint density at radius 1 is 1.41 bits per heavy atom. The number of carboxylic acid groups (broad SMARTS) is 1. The van der Waals surface area contributed by atoms with E-state index in [1.165, 1.54) is 6.08 Å². The molecule has 0 saturated heterocycles. The molecule has 0 radical (unpaired) electrons. The fraction of sp³-hybridized carbons (Fsp3) is 0.300. The van der Waals surface area contributed by atoms with Crippen LogP contribution in [0.3, 0.4) is 0 Å². The van der Waals surface area contributed by atoms with Gasteiger partial charge in [0.2, 0.25) is 0 Å². The highest BCUT2D eigenvalue weighted by Gasteiger charge is 2.04. The predicted molar refractivity (Wildman–Crippen MR) is 59.1 cm³/mol. The summed E-state index contributed by atoms with van der Waals surface area (Å²) in [5.41, 5.74) is 4.76. The minimum atomic E-state index is -1.12. The van der Waals surface area contributed by atoms with Gasteiger partial charge in [0.25, 0.3) is 0 Å². The number of carboxylic acids is 1. The van der Waals surface area contributed by atoms with Crippen LogP contribution in [0.15, 0.2) is 24.3 Å². The Labute approximate surface area is 97.9 Å². The van der Waals surface area contributed by atoms with Crippen molar-refractivity contribution in [3.8, 4) is 0 Å². The number of hydrogen-bond acceptors (Lipinski definition) is 4. The number of amides is 2. The number of primary amides is 1.